The van der Waals surface area contributed by atoms with Crippen molar-refractivity contribution < 1.29 is 19.1 Å². The summed E-state index contributed by atoms with van der Waals surface area (Å²) in [4.78, 5) is 38.1. The maximum absolute atomic E-state index is 12.7. The van der Waals surface area contributed by atoms with E-state index in [1.807, 2.05) is 45.2 Å². The molecule has 3 rings (SSSR count). The van der Waals surface area contributed by atoms with Crippen molar-refractivity contribution in [2.45, 2.75) is 33.3 Å². The first kappa shape index (κ1) is 19.2. The lowest BCUT2D eigenvalue weighted by Crippen LogP contribution is -2.35. The summed E-state index contributed by atoms with van der Waals surface area (Å²) in [6.07, 6.45) is 2.17. The molecule has 6 nitrogen and oxygen atoms in total. The zero-order valence-electron chi connectivity index (χ0n) is 15.8. The number of para-hydroxylation sites is 1. The molecule has 0 unspecified atom stereocenters. The SMILES string of the molecule is CC[C@H](C)OC(=O)CN1C(=O)S/C(=C\c2c(C)n(C)c3ccccc23)C1=O. The summed E-state index contributed by atoms with van der Waals surface area (Å²) < 4.78 is 7.23. The first-order chi connectivity index (χ1) is 12.8. The largest absolute Gasteiger partial charge is 0.461 e. The predicted octanol–water partition coefficient (Wildman–Crippen LogP) is 3.86. The summed E-state index contributed by atoms with van der Waals surface area (Å²) in [5.74, 6) is -1.03. The molecule has 0 saturated carbocycles. The average molecular weight is 386 g/mol. The molecule has 2 amide bonds. The Kier molecular flexibility index (Phi) is 5.41. The van der Waals surface area contributed by atoms with Gasteiger partial charge in [-0.05, 0) is 44.2 Å². The van der Waals surface area contributed by atoms with E-state index >= 15 is 0 Å². The van der Waals surface area contributed by atoms with Gasteiger partial charge in [-0.2, -0.15) is 0 Å². The number of esters is 1. The van der Waals surface area contributed by atoms with Crippen molar-refractivity contribution in [1.82, 2.24) is 9.47 Å². The van der Waals surface area contributed by atoms with Crippen LogP contribution in [0.1, 0.15) is 31.5 Å². The molecule has 1 atom stereocenters. The quantitative estimate of drug-likeness (QED) is 0.576. The number of aromatic nitrogens is 1. The molecule has 1 saturated heterocycles. The molecule has 0 radical (unpaired) electrons. The van der Waals surface area contributed by atoms with Gasteiger partial charge in [0.2, 0.25) is 0 Å². The lowest BCUT2D eigenvalue weighted by atomic mass is 10.1. The second-order valence-electron chi connectivity index (χ2n) is 6.55. The summed E-state index contributed by atoms with van der Waals surface area (Å²) >= 11 is 0.851. The molecule has 7 heteroatoms. The van der Waals surface area contributed by atoms with Crippen molar-refractivity contribution in [1.29, 1.82) is 0 Å². The second kappa shape index (κ2) is 7.60. The van der Waals surface area contributed by atoms with Crippen LogP contribution in [0, 0.1) is 6.92 Å². The summed E-state index contributed by atoms with van der Waals surface area (Å²) in [5, 5.41) is 0.561. The van der Waals surface area contributed by atoms with E-state index in [-0.39, 0.29) is 12.6 Å². The van der Waals surface area contributed by atoms with Gasteiger partial charge in [0.1, 0.15) is 6.54 Å². The van der Waals surface area contributed by atoms with E-state index in [0.29, 0.717) is 11.3 Å². The number of thioether (sulfide) groups is 1. The fraction of sp³-hybridized carbons (Fsp3) is 0.350. The number of hydrogen-bond acceptors (Lipinski definition) is 5. The Morgan fingerprint density at radius 3 is 2.70 bits per heavy atom. The summed E-state index contributed by atoms with van der Waals surface area (Å²) in [5.41, 5.74) is 2.96. The lowest BCUT2D eigenvalue weighted by molar-refractivity contribution is -0.150. The minimum atomic E-state index is -0.575. The summed E-state index contributed by atoms with van der Waals surface area (Å²) in [6.45, 7) is 5.28. The number of ether oxygens (including phenoxy) is 1. The molecule has 0 bridgehead atoms. The lowest BCUT2D eigenvalue weighted by Gasteiger charge is -2.14. The van der Waals surface area contributed by atoms with Crippen LogP contribution in [0.3, 0.4) is 0 Å². The molecule has 1 aromatic carbocycles. The van der Waals surface area contributed by atoms with Gasteiger partial charge in [-0.3, -0.25) is 19.3 Å². The topological polar surface area (TPSA) is 68.6 Å². The fourth-order valence-corrected chi connectivity index (χ4v) is 3.79. The highest BCUT2D eigenvalue weighted by molar-refractivity contribution is 8.18. The number of rotatable bonds is 5. The van der Waals surface area contributed by atoms with E-state index < -0.39 is 17.1 Å². The van der Waals surface area contributed by atoms with Crippen molar-refractivity contribution >= 4 is 45.9 Å². The van der Waals surface area contributed by atoms with Crippen LogP contribution in [0.5, 0.6) is 0 Å². The minimum Gasteiger partial charge on any atom is -0.461 e. The highest BCUT2D eigenvalue weighted by atomic mass is 32.2. The first-order valence-electron chi connectivity index (χ1n) is 8.82. The monoisotopic (exact) mass is 386 g/mol. The molecular weight excluding hydrogens is 364 g/mol. The Morgan fingerprint density at radius 1 is 1.30 bits per heavy atom. The van der Waals surface area contributed by atoms with Gasteiger partial charge in [0.25, 0.3) is 11.1 Å². The van der Waals surface area contributed by atoms with E-state index in [1.165, 1.54) is 0 Å². The Hall–Kier alpha value is -2.54. The Balaban J connectivity index is 1.87. The highest BCUT2D eigenvalue weighted by Crippen LogP contribution is 2.35. The molecule has 0 aliphatic carbocycles. The molecule has 2 aromatic rings. The van der Waals surface area contributed by atoms with Crippen LogP contribution in [-0.2, 0) is 21.4 Å². The van der Waals surface area contributed by atoms with Crippen LogP contribution in [0.25, 0.3) is 17.0 Å². The Morgan fingerprint density at radius 2 is 2.00 bits per heavy atom. The molecule has 0 N–H and O–H groups in total. The second-order valence-corrected chi connectivity index (χ2v) is 7.55. The van der Waals surface area contributed by atoms with Gasteiger partial charge in [0, 0.05) is 29.2 Å². The molecule has 1 fully saturated rings. The average Bonchev–Trinajstić information content (AvgIpc) is 3.05. The normalized spacial score (nSPS) is 17.2. The zero-order chi connectivity index (χ0) is 19.7. The van der Waals surface area contributed by atoms with Gasteiger partial charge in [-0.15, -0.1) is 0 Å². The van der Waals surface area contributed by atoms with Crippen molar-refractivity contribution in [2.24, 2.45) is 7.05 Å². The third-order valence-electron chi connectivity index (χ3n) is 4.79. The highest BCUT2D eigenvalue weighted by Gasteiger charge is 2.37. The molecule has 27 heavy (non-hydrogen) atoms. The van der Waals surface area contributed by atoms with Crippen LogP contribution >= 0.6 is 11.8 Å². The number of carbonyl (C=O) groups excluding carboxylic acids is 3. The number of imide groups is 1. The molecular formula is C20H22N2O4S. The summed E-state index contributed by atoms with van der Waals surface area (Å²) in [6, 6.07) is 7.90. The molecule has 1 aromatic heterocycles. The number of carbonyl (C=O) groups is 3. The summed E-state index contributed by atoms with van der Waals surface area (Å²) in [7, 11) is 1.96. The minimum absolute atomic E-state index is 0.244. The maximum atomic E-state index is 12.7. The number of amides is 2. The van der Waals surface area contributed by atoms with Crippen molar-refractivity contribution in [2.75, 3.05) is 6.54 Å². The van der Waals surface area contributed by atoms with Gasteiger partial charge in [0.05, 0.1) is 11.0 Å². The molecule has 0 spiro atoms. The van der Waals surface area contributed by atoms with E-state index in [0.717, 1.165) is 38.8 Å². The molecule has 1 aliphatic heterocycles. The predicted molar refractivity (Wildman–Crippen MR) is 106 cm³/mol. The number of fused-ring (bicyclic) bond motifs is 1. The van der Waals surface area contributed by atoms with Crippen LogP contribution in [-0.4, -0.2) is 39.2 Å². The van der Waals surface area contributed by atoms with E-state index in [4.69, 9.17) is 4.74 Å². The van der Waals surface area contributed by atoms with Crippen molar-refractivity contribution in [3.8, 4) is 0 Å². The Bertz CT molecular complexity index is 960. The number of aryl methyl sites for hydroxylation is 1. The third kappa shape index (κ3) is 3.64. The van der Waals surface area contributed by atoms with Gasteiger partial charge in [-0.1, -0.05) is 25.1 Å². The van der Waals surface area contributed by atoms with Crippen LogP contribution in [0.2, 0.25) is 0 Å². The van der Waals surface area contributed by atoms with Gasteiger partial charge < -0.3 is 9.30 Å². The standard InChI is InChI=1S/C20H22N2O4S/c1-5-12(2)26-18(23)11-22-19(24)17(27-20(22)25)10-15-13(3)21(4)16-9-7-6-8-14(15)16/h6-10,12H,5,11H2,1-4H3/b17-10-/t12-/m0/s1. The third-order valence-corrected chi connectivity index (χ3v) is 5.70. The van der Waals surface area contributed by atoms with Gasteiger partial charge in [-0.25, -0.2) is 0 Å². The molecule has 142 valence electrons. The first-order valence-corrected chi connectivity index (χ1v) is 9.64. The number of benzene rings is 1. The fourth-order valence-electron chi connectivity index (χ4n) is 2.97. The van der Waals surface area contributed by atoms with Crippen LogP contribution in [0.4, 0.5) is 4.79 Å². The van der Waals surface area contributed by atoms with Crippen molar-refractivity contribution in [3.63, 3.8) is 0 Å². The van der Waals surface area contributed by atoms with Crippen LogP contribution in [0.15, 0.2) is 29.2 Å². The van der Waals surface area contributed by atoms with Crippen LogP contribution < -0.4 is 0 Å². The Labute approximate surface area is 162 Å². The van der Waals surface area contributed by atoms with E-state index in [9.17, 15) is 14.4 Å². The van der Waals surface area contributed by atoms with Gasteiger partial charge >= 0.3 is 5.97 Å². The molecule has 1 aliphatic rings. The zero-order valence-corrected chi connectivity index (χ0v) is 16.6. The number of hydrogen-bond donors (Lipinski definition) is 0. The van der Waals surface area contributed by atoms with E-state index in [1.54, 1.807) is 13.0 Å². The van der Waals surface area contributed by atoms with Gasteiger partial charge in [0.15, 0.2) is 0 Å². The molecule has 2 heterocycles. The number of nitrogens with zero attached hydrogens (tertiary/aromatic N) is 2. The smallest absolute Gasteiger partial charge is 0.326 e. The maximum Gasteiger partial charge on any atom is 0.326 e. The van der Waals surface area contributed by atoms with Crippen molar-refractivity contribution in [3.05, 3.63) is 40.4 Å². The van der Waals surface area contributed by atoms with E-state index in [2.05, 4.69) is 4.57 Å².